The van der Waals surface area contributed by atoms with Gasteiger partial charge in [-0.25, -0.2) is 9.97 Å². The minimum absolute atomic E-state index is 0.0235. The Hall–Kier alpha value is -3.80. The number of hydrogen-bond acceptors (Lipinski definition) is 6. The minimum Gasteiger partial charge on any atom is -0.384 e. The van der Waals surface area contributed by atoms with Gasteiger partial charge < -0.3 is 15.6 Å². The summed E-state index contributed by atoms with van der Waals surface area (Å²) >= 11 is 1.74. The van der Waals surface area contributed by atoms with Crippen LogP contribution in [0.15, 0.2) is 66.9 Å². The Morgan fingerprint density at radius 3 is 2.51 bits per heavy atom. The molecule has 0 atom stereocenters. The lowest BCUT2D eigenvalue weighted by molar-refractivity contribution is -0.109. The van der Waals surface area contributed by atoms with Crippen LogP contribution in [0.5, 0.6) is 0 Å². The number of aryl methyl sites for hydroxylation is 1. The summed E-state index contributed by atoms with van der Waals surface area (Å²) in [6.45, 7) is 0.723. The number of carbonyl (C=O) groups excluding carboxylic acids is 2. The molecule has 0 unspecified atom stereocenters. The molecular formula is C25H24IN7O2. The first-order valence-corrected chi connectivity index (χ1v) is 12.0. The lowest BCUT2D eigenvalue weighted by Gasteiger charge is -2.21. The molecule has 0 radical (unpaired) electrons. The van der Waals surface area contributed by atoms with Gasteiger partial charge in [0, 0.05) is 43.0 Å². The van der Waals surface area contributed by atoms with Gasteiger partial charge in [0.25, 0.3) is 5.91 Å². The van der Waals surface area contributed by atoms with Crippen LogP contribution in [0.3, 0.4) is 0 Å². The Kier molecular flexibility index (Phi) is 7.39. The van der Waals surface area contributed by atoms with E-state index in [1.165, 1.54) is 4.90 Å². The van der Waals surface area contributed by atoms with Crippen LogP contribution >= 0.6 is 22.6 Å². The standard InChI is InChI=1S/C25H24IN7O2/c1-32-20-10-7-17(25(35)33(13-11-21(26)34)22-4-2-3-12-29-22)14-19(20)31-23(32)15-30-18-8-5-16(6-9-18)24(27)28/h2-10,12,14,30H,11,13,15H2,1H3,(H3,27,28). The van der Waals surface area contributed by atoms with Crippen molar-refractivity contribution in [2.24, 2.45) is 12.8 Å². The summed E-state index contributed by atoms with van der Waals surface area (Å²) in [5.41, 5.74) is 9.13. The van der Waals surface area contributed by atoms with Gasteiger partial charge >= 0.3 is 0 Å². The maximum Gasteiger partial charge on any atom is 0.259 e. The van der Waals surface area contributed by atoms with Crippen LogP contribution in [0, 0.1) is 5.41 Å². The van der Waals surface area contributed by atoms with Crippen LogP contribution in [-0.2, 0) is 18.4 Å². The van der Waals surface area contributed by atoms with Gasteiger partial charge in [-0.05, 0) is 77.2 Å². The highest BCUT2D eigenvalue weighted by molar-refractivity contribution is 14.1. The summed E-state index contributed by atoms with van der Waals surface area (Å²) in [6, 6.07) is 18.1. The van der Waals surface area contributed by atoms with E-state index in [0.29, 0.717) is 29.0 Å². The number of imidazole rings is 1. The zero-order chi connectivity index (χ0) is 24.9. The number of fused-ring (bicyclic) bond motifs is 1. The molecule has 10 heteroatoms. The number of pyridine rings is 1. The van der Waals surface area contributed by atoms with Gasteiger partial charge in [0.05, 0.1) is 17.6 Å². The van der Waals surface area contributed by atoms with Crippen molar-refractivity contribution in [3.05, 3.63) is 83.8 Å². The van der Waals surface area contributed by atoms with E-state index in [1.807, 2.05) is 35.9 Å². The highest BCUT2D eigenvalue weighted by Crippen LogP contribution is 2.21. The van der Waals surface area contributed by atoms with Crippen molar-refractivity contribution in [2.45, 2.75) is 13.0 Å². The Labute approximate surface area is 216 Å². The number of amides is 1. The highest BCUT2D eigenvalue weighted by atomic mass is 127. The Bertz CT molecular complexity index is 1380. The van der Waals surface area contributed by atoms with E-state index in [4.69, 9.17) is 16.1 Å². The molecule has 0 aliphatic rings. The second-order valence-electron chi connectivity index (χ2n) is 7.88. The fraction of sp³-hybridized carbons (Fsp3) is 0.160. The molecule has 2 aromatic heterocycles. The van der Waals surface area contributed by atoms with Crippen LogP contribution in [0.2, 0.25) is 0 Å². The lowest BCUT2D eigenvalue weighted by atomic mass is 10.1. The van der Waals surface area contributed by atoms with Crippen molar-refractivity contribution in [1.29, 1.82) is 5.41 Å². The van der Waals surface area contributed by atoms with Gasteiger partial charge in [0.15, 0.2) is 3.79 Å². The third kappa shape index (κ3) is 5.65. The zero-order valence-corrected chi connectivity index (χ0v) is 21.2. The van der Waals surface area contributed by atoms with E-state index in [1.54, 1.807) is 65.2 Å². The molecule has 0 bridgehead atoms. The molecule has 0 saturated carbocycles. The van der Waals surface area contributed by atoms with Gasteiger partial charge in [-0.3, -0.25) is 19.9 Å². The minimum atomic E-state index is -0.237. The summed E-state index contributed by atoms with van der Waals surface area (Å²) in [4.78, 5) is 35.5. The molecule has 9 nitrogen and oxygen atoms in total. The van der Waals surface area contributed by atoms with E-state index in [-0.39, 0.29) is 28.5 Å². The van der Waals surface area contributed by atoms with Crippen molar-refractivity contribution in [2.75, 3.05) is 16.8 Å². The number of nitrogen functional groups attached to an aromatic ring is 1. The molecule has 4 aromatic rings. The van der Waals surface area contributed by atoms with Crippen LogP contribution in [0.1, 0.15) is 28.2 Å². The number of carbonyl (C=O) groups is 2. The van der Waals surface area contributed by atoms with E-state index < -0.39 is 0 Å². The molecule has 4 rings (SSSR count). The molecule has 178 valence electrons. The predicted molar refractivity (Wildman–Crippen MR) is 145 cm³/mol. The van der Waals surface area contributed by atoms with E-state index in [9.17, 15) is 9.59 Å². The summed E-state index contributed by atoms with van der Waals surface area (Å²) in [7, 11) is 1.93. The number of amidine groups is 1. The second-order valence-corrected chi connectivity index (χ2v) is 9.09. The molecular weight excluding hydrogens is 557 g/mol. The summed E-state index contributed by atoms with van der Waals surface area (Å²) in [5, 5.41) is 10.8. The van der Waals surface area contributed by atoms with E-state index in [2.05, 4.69) is 10.3 Å². The molecule has 35 heavy (non-hydrogen) atoms. The number of anilines is 2. The molecule has 1 amide bonds. The molecule has 0 spiro atoms. The van der Waals surface area contributed by atoms with E-state index >= 15 is 0 Å². The Morgan fingerprint density at radius 2 is 1.86 bits per heavy atom. The molecule has 0 saturated heterocycles. The normalized spacial score (nSPS) is 10.8. The number of halogens is 1. The van der Waals surface area contributed by atoms with Gasteiger partial charge in [0.1, 0.15) is 17.5 Å². The van der Waals surface area contributed by atoms with E-state index in [0.717, 1.165) is 17.0 Å². The quantitative estimate of drug-likeness (QED) is 0.119. The predicted octanol–water partition coefficient (Wildman–Crippen LogP) is 3.86. The maximum absolute atomic E-state index is 13.4. The van der Waals surface area contributed by atoms with Gasteiger partial charge in [-0.15, -0.1) is 0 Å². The number of nitrogens with one attached hydrogen (secondary N) is 2. The molecule has 2 heterocycles. The smallest absolute Gasteiger partial charge is 0.259 e. The van der Waals surface area contributed by atoms with Crippen LogP contribution < -0.4 is 16.0 Å². The summed E-state index contributed by atoms with van der Waals surface area (Å²) in [5.74, 6) is 1.09. The van der Waals surface area contributed by atoms with Crippen molar-refractivity contribution >= 4 is 60.7 Å². The number of nitrogens with two attached hydrogens (primary N) is 1. The summed E-state index contributed by atoms with van der Waals surface area (Å²) < 4.78 is 1.95. The Morgan fingerprint density at radius 1 is 1.11 bits per heavy atom. The molecule has 0 aliphatic heterocycles. The number of nitrogens with zero attached hydrogens (tertiary/aromatic N) is 4. The number of aromatic nitrogens is 3. The number of hydrogen-bond donors (Lipinski definition) is 3. The first-order chi connectivity index (χ1) is 16.8. The van der Waals surface area contributed by atoms with Crippen molar-refractivity contribution in [3.8, 4) is 0 Å². The fourth-order valence-corrected chi connectivity index (χ4v) is 3.92. The van der Waals surface area contributed by atoms with Gasteiger partial charge in [0.2, 0.25) is 0 Å². The molecule has 0 fully saturated rings. The number of benzene rings is 2. The SMILES string of the molecule is Cn1c(CNc2ccc(C(=N)N)cc2)nc2cc(C(=O)N(CCC(=O)I)c3ccccn3)ccc21. The first-order valence-electron chi connectivity index (χ1n) is 10.9. The first kappa shape index (κ1) is 24.3. The van der Waals surface area contributed by atoms with Crippen molar-refractivity contribution in [3.63, 3.8) is 0 Å². The van der Waals surface area contributed by atoms with Gasteiger partial charge in [-0.1, -0.05) is 6.07 Å². The summed E-state index contributed by atoms with van der Waals surface area (Å²) in [6.07, 6.45) is 1.86. The average Bonchev–Trinajstić information content (AvgIpc) is 3.18. The topological polar surface area (TPSA) is 130 Å². The van der Waals surface area contributed by atoms with Crippen molar-refractivity contribution < 1.29 is 9.59 Å². The Balaban J connectivity index is 1.56. The maximum atomic E-state index is 13.4. The zero-order valence-electron chi connectivity index (χ0n) is 19.0. The number of rotatable bonds is 9. The van der Waals surface area contributed by atoms with Gasteiger partial charge in [-0.2, -0.15) is 0 Å². The molecule has 2 aromatic carbocycles. The molecule has 4 N–H and O–H groups in total. The average molecular weight is 581 g/mol. The fourth-order valence-electron chi connectivity index (χ4n) is 3.68. The highest BCUT2D eigenvalue weighted by Gasteiger charge is 2.20. The van der Waals surface area contributed by atoms with Crippen LogP contribution in [0.25, 0.3) is 11.0 Å². The monoisotopic (exact) mass is 581 g/mol. The third-order valence-corrected chi connectivity index (χ3v) is 6.11. The second kappa shape index (κ2) is 10.6. The third-order valence-electron chi connectivity index (χ3n) is 5.57. The van der Waals surface area contributed by atoms with Crippen LogP contribution in [0.4, 0.5) is 11.5 Å². The lowest BCUT2D eigenvalue weighted by Crippen LogP contribution is -2.33. The van der Waals surface area contributed by atoms with Crippen molar-refractivity contribution in [1.82, 2.24) is 14.5 Å². The largest absolute Gasteiger partial charge is 0.384 e. The molecule has 0 aliphatic carbocycles. The van der Waals surface area contributed by atoms with Crippen LogP contribution in [-0.4, -0.2) is 36.6 Å².